The third kappa shape index (κ3) is 2.72. The zero-order valence-corrected chi connectivity index (χ0v) is 11.6. The molecule has 0 unspecified atom stereocenters. The lowest BCUT2D eigenvalue weighted by molar-refractivity contribution is 0.734. The molecule has 0 aliphatic rings. The van der Waals surface area contributed by atoms with Crippen molar-refractivity contribution in [2.75, 3.05) is 0 Å². The summed E-state index contributed by atoms with van der Waals surface area (Å²) in [5.74, 6) is 0.662. The lowest BCUT2D eigenvalue weighted by Gasteiger charge is -2.14. The van der Waals surface area contributed by atoms with Gasteiger partial charge in [0, 0.05) is 9.75 Å². The van der Waals surface area contributed by atoms with Gasteiger partial charge in [0.1, 0.15) is 0 Å². The van der Waals surface area contributed by atoms with E-state index >= 15 is 0 Å². The van der Waals surface area contributed by atoms with E-state index in [0.29, 0.717) is 5.92 Å². The Morgan fingerprint density at radius 3 is 2.27 bits per heavy atom. The van der Waals surface area contributed by atoms with E-state index in [1.54, 1.807) is 5.57 Å². The molecule has 0 nitrogen and oxygen atoms in total. The van der Waals surface area contributed by atoms with Crippen molar-refractivity contribution in [3.05, 3.63) is 27.0 Å². The van der Waals surface area contributed by atoms with Gasteiger partial charge >= 0.3 is 0 Å². The molecule has 0 aliphatic heterocycles. The average Bonchev–Trinajstić information content (AvgIpc) is 2.45. The quantitative estimate of drug-likeness (QED) is 0.659. The number of hydrogen-bond acceptors (Lipinski definition) is 1. The monoisotopic (exact) mass is 222 g/mol. The average molecular weight is 222 g/mol. The van der Waals surface area contributed by atoms with Crippen molar-refractivity contribution in [2.24, 2.45) is 5.92 Å². The fraction of sp³-hybridized carbons (Fsp3) is 0.571. The molecular weight excluding hydrogens is 200 g/mol. The highest BCUT2D eigenvalue weighted by molar-refractivity contribution is 7.12. The van der Waals surface area contributed by atoms with Gasteiger partial charge in [-0.1, -0.05) is 26.3 Å². The normalized spacial score (nSPS) is 13.3. The van der Waals surface area contributed by atoms with E-state index < -0.39 is 0 Å². The van der Waals surface area contributed by atoms with Crippen molar-refractivity contribution in [1.82, 2.24) is 0 Å². The summed E-state index contributed by atoms with van der Waals surface area (Å²) in [5, 5.41) is 0. The molecule has 1 aromatic rings. The second kappa shape index (κ2) is 4.98. The van der Waals surface area contributed by atoms with E-state index in [0.717, 1.165) is 6.42 Å². The molecule has 1 rings (SSSR count). The summed E-state index contributed by atoms with van der Waals surface area (Å²) >= 11 is 1.90. The Hall–Kier alpha value is -0.560. The van der Waals surface area contributed by atoms with Crippen molar-refractivity contribution >= 4 is 16.9 Å². The molecule has 0 aromatic carbocycles. The Morgan fingerprint density at radius 2 is 1.93 bits per heavy atom. The van der Waals surface area contributed by atoms with Gasteiger partial charge in [-0.25, -0.2) is 0 Å². The number of thiophene rings is 1. The molecule has 0 bridgehead atoms. The van der Waals surface area contributed by atoms with Crippen LogP contribution in [0, 0.1) is 19.8 Å². The van der Waals surface area contributed by atoms with E-state index in [1.807, 2.05) is 11.3 Å². The predicted molar refractivity (Wildman–Crippen MR) is 71.5 cm³/mol. The van der Waals surface area contributed by atoms with Crippen LogP contribution in [0.15, 0.2) is 11.6 Å². The molecule has 84 valence electrons. The molecule has 0 saturated heterocycles. The molecular formula is C14H22S. The first-order valence-electron chi connectivity index (χ1n) is 5.74. The molecule has 1 heterocycles. The Bertz CT molecular complexity index is 367. The van der Waals surface area contributed by atoms with E-state index in [9.17, 15) is 0 Å². The third-order valence-corrected chi connectivity index (χ3v) is 3.97. The van der Waals surface area contributed by atoms with Crippen molar-refractivity contribution in [1.29, 1.82) is 0 Å². The summed E-state index contributed by atoms with van der Waals surface area (Å²) in [6, 6.07) is 2.33. The Labute approximate surface area is 98.0 Å². The second-order valence-electron chi connectivity index (χ2n) is 4.49. The minimum absolute atomic E-state index is 0.662. The number of aryl methyl sites for hydroxylation is 2. The fourth-order valence-corrected chi connectivity index (χ4v) is 3.26. The largest absolute Gasteiger partial charge is 0.145 e. The van der Waals surface area contributed by atoms with Crippen molar-refractivity contribution in [2.45, 2.75) is 48.0 Å². The fourth-order valence-electron chi connectivity index (χ4n) is 2.28. The van der Waals surface area contributed by atoms with Crippen LogP contribution in [0.3, 0.4) is 0 Å². The lowest BCUT2D eigenvalue weighted by atomic mass is 9.92. The van der Waals surface area contributed by atoms with Crippen molar-refractivity contribution < 1.29 is 0 Å². The molecule has 1 heteroatoms. The van der Waals surface area contributed by atoms with Crippen LogP contribution in [-0.4, -0.2) is 0 Å². The molecule has 15 heavy (non-hydrogen) atoms. The summed E-state index contributed by atoms with van der Waals surface area (Å²) < 4.78 is 0. The minimum Gasteiger partial charge on any atom is -0.145 e. The van der Waals surface area contributed by atoms with Crippen LogP contribution in [0.2, 0.25) is 0 Å². The highest BCUT2D eigenvalue weighted by atomic mass is 32.1. The third-order valence-electron chi connectivity index (χ3n) is 3.00. The van der Waals surface area contributed by atoms with Gasteiger partial charge in [0.15, 0.2) is 0 Å². The van der Waals surface area contributed by atoms with E-state index in [1.165, 1.54) is 20.9 Å². The lowest BCUT2D eigenvalue weighted by Crippen LogP contribution is -1.96. The van der Waals surface area contributed by atoms with Gasteiger partial charge in [0.05, 0.1) is 0 Å². The zero-order valence-electron chi connectivity index (χ0n) is 10.8. The van der Waals surface area contributed by atoms with Crippen LogP contribution >= 0.6 is 11.3 Å². The second-order valence-corrected chi connectivity index (χ2v) is 5.95. The zero-order chi connectivity index (χ0) is 11.6. The van der Waals surface area contributed by atoms with Crippen LogP contribution in [0.5, 0.6) is 0 Å². The molecule has 0 amide bonds. The summed E-state index contributed by atoms with van der Waals surface area (Å²) in [6.45, 7) is 13.5. The van der Waals surface area contributed by atoms with Gasteiger partial charge in [-0.3, -0.25) is 0 Å². The number of hydrogen-bond donors (Lipinski definition) is 0. The first-order valence-corrected chi connectivity index (χ1v) is 6.56. The Kier molecular flexibility index (Phi) is 4.15. The van der Waals surface area contributed by atoms with E-state index in [-0.39, 0.29) is 0 Å². The van der Waals surface area contributed by atoms with Gasteiger partial charge in [-0.2, -0.15) is 0 Å². The molecule has 0 radical (unpaired) electrons. The van der Waals surface area contributed by atoms with E-state index in [4.69, 9.17) is 0 Å². The van der Waals surface area contributed by atoms with Gasteiger partial charge in [0.2, 0.25) is 0 Å². The standard InChI is InChI=1S/C14H22S/c1-7-13(9(2)3)11(5)14-8-10(4)15-12(14)6/h8-9H,7H2,1-6H3/b13-11-. The Balaban J connectivity index is 3.21. The molecule has 0 atom stereocenters. The van der Waals surface area contributed by atoms with Crippen LogP contribution < -0.4 is 0 Å². The SMILES string of the molecule is CC/C(=C(\C)c1cc(C)sc1C)C(C)C. The van der Waals surface area contributed by atoms with Gasteiger partial charge in [-0.05, 0) is 50.3 Å². The van der Waals surface area contributed by atoms with Gasteiger partial charge < -0.3 is 0 Å². The van der Waals surface area contributed by atoms with Crippen LogP contribution in [0.1, 0.15) is 49.4 Å². The highest BCUT2D eigenvalue weighted by Crippen LogP contribution is 2.32. The van der Waals surface area contributed by atoms with Crippen molar-refractivity contribution in [3.8, 4) is 0 Å². The number of rotatable bonds is 3. The maximum absolute atomic E-state index is 2.33. The topological polar surface area (TPSA) is 0 Å². The highest BCUT2D eigenvalue weighted by Gasteiger charge is 2.10. The van der Waals surface area contributed by atoms with Crippen molar-refractivity contribution in [3.63, 3.8) is 0 Å². The summed E-state index contributed by atoms with van der Waals surface area (Å²) in [7, 11) is 0. The molecule has 0 fully saturated rings. The molecule has 0 aliphatic carbocycles. The van der Waals surface area contributed by atoms with E-state index in [2.05, 4.69) is 47.6 Å². The number of allylic oxidation sites excluding steroid dienone is 2. The van der Waals surface area contributed by atoms with Crippen LogP contribution in [0.25, 0.3) is 5.57 Å². The maximum Gasteiger partial charge on any atom is 0.00920 e. The summed E-state index contributed by atoms with van der Waals surface area (Å²) in [5.41, 5.74) is 4.55. The molecule has 0 N–H and O–H groups in total. The van der Waals surface area contributed by atoms with Gasteiger partial charge in [0.25, 0.3) is 0 Å². The van der Waals surface area contributed by atoms with Crippen LogP contribution in [0.4, 0.5) is 0 Å². The summed E-state index contributed by atoms with van der Waals surface area (Å²) in [4.78, 5) is 2.87. The Morgan fingerprint density at radius 1 is 1.33 bits per heavy atom. The molecule has 0 spiro atoms. The minimum atomic E-state index is 0.662. The first-order chi connectivity index (χ1) is 6.97. The predicted octanol–water partition coefficient (Wildman–Crippen LogP) is 5.20. The first kappa shape index (κ1) is 12.5. The maximum atomic E-state index is 2.33. The molecule has 0 saturated carbocycles. The molecule has 1 aromatic heterocycles. The van der Waals surface area contributed by atoms with Gasteiger partial charge in [-0.15, -0.1) is 11.3 Å². The smallest absolute Gasteiger partial charge is 0.00920 e. The summed E-state index contributed by atoms with van der Waals surface area (Å²) in [6.07, 6.45) is 1.16. The van der Waals surface area contributed by atoms with Crippen LogP contribution in [-0.2, 0) is 0 Å².